The van der Waals surface area contributed by atoms with Gasteiger partial charge in [0.2, 0.25) is 0 Å². The van der Waals surface area contributed by atoms with Crippen LogP contribution in [0.2, 0.25) is 0 Å². The Morgan fingerprint density at radius 1 is 1.35 bits per heavy atom. The number of aromatic carboxylic acids is 1. The van der Waals surface area contributed by atoms with E-state index in [0.717, 1.165) is 11.8 Å². The number of amidine groups is 1. The summed E-state index contributed by atoms with van der Waals surface area (Å²) in [5.41, 5.74) is 5.37. The van der Waals surface area contributed by atoms with E-state index in [4.69, 9.17) is 5.11 Å². The predicted molar refractivity (Wildman–Crippen MR) is 74.6 cm³/mol. The van der Waals surface area contributed by atoms with Crippen LogP contribution in [0, 0.1) is 0 Å². The van der Waals surface area contributed by atoms with E-state index in [1.807, 2.05) is 0 Å². The highest BCUT2D eigenvalue weighted by Crippen LogP contribution is 2.29. The fourth-order valence-electron chi connectivity index (χ4n) is 1.85. The Kier molecular flexibility index (Phi) is 3.96. The van der Waals surface area contributed by atoms with Crippen LogP contribution in [0.3, 0.4) is 0 Å². The van der Waals surface area contributed by atoms with Crippen LogP contribution in [0.25, 0.3) is 0 Å². The topological polar surface area (TPSA) is 111 Å². The number of nitrogens with zero attached hydrogens (tertiary/aromatic N) is 1. The molecule has 0 aliphatic carbocycles. The van der Waals surface area contributed by atoms with E-state index in [9.17, 15) is 14.7 Å². The van der Waals surface area contributed by atoms with Gasteiger partial charge in [-0.2, -0.15) is 0 Å². The molecule has 0 saturated heterocycles. The zero-order valence-electron chi connectivity index (χ0n) is 10.6. The first kappa shape index (κ1) is 14.4. The molecule has 1 atom stereocenters. The third kappa shape index (κ3) is 2.91. The fourth-order valence-corrected chi connectivity index (χ4v) is 2.48. The van der Waals surface area contributed by atoms with Crippen molar-refractivity contribution in [3.63, 3.8) is 0 Å². The molecule has 106 valence electrons. The van der Waals surface area contributed by atoms with Gasteiger partial charge in [0.05, 0.1) is 11.3 Å². The lowest BCUT2D eigenvalue weighted by molar-refractivity contribution is -0.133. The van der Waals surface area contributed by atoms with Crippen LogP contribution < -0.4 is 10.9 Å². The first-order valence-corrected chi connectivity index (χ1v) is 6.71. The average molecular weight is 295 g/mol. The molecular formula is C12H13N3O4S. The number of hydrogen-bond donors (Lipinski definition) is 4. The molecule has 1 aromatic rings. The van der Waals surface area contributed by atoms with Crippen molar-refractivity contribution >= 4 is 28.9 Å². The van der Waals surface area contributed by atoms with Gasteiger partial charge >= 0.3 is 11.9 Å². The summed E-state index contributed by atoms with van der Waals surface area (Å²) in [5.74, 6) is -2.10. The average Bonchev–Trinajstić information content (AvgIpc) is 2.79. The first-order chi connectivity index (χ1) is 9.42. The number of carboxylic acid groups (broad SMARTS) is 2. The second-order valence-corrected chi connectivity index (χ2v) is 5.24. The summed E-state index contributed by atoms with van der Waals surface area (Å²) < 4.78 is 0. The Balaban J connectivity index is 2.29. The Bertz CT molecular complexity index is 590. The van der Waals surface area contributed by atoms with Crippen LogP contribution >= 0.6 is 11.8 Å². The summed E-state index contributed by atoms with van der Waals surface area (Å²) in [7, 11) is 0. The highest BCUT2D eigenvalue weighted by atomic mass is 32.2. The number of hydrazine groups is 1. The molecule has 0 bridgehead atoms. The minimum Gasteiger partial charge on any atom is -0.481 e. The van der Waals surface area contributed by atoms with Crippen molar-refractivity contribution in [3.05, 3.63) is 35.4 Å². The summed E-state index contributed by atoms with van der Waals surface area (Å²) in [6, 6.07) is 6.55. The van der Waals surface area contributed by atoms with Gasteiger partial charge in [-0.15, -0.1) is 0 Å². The Morgan fingerprint density at radius 3 is 2.70 bits per heavy atom. The van der Waals surface area contributed by atoms with Gasteiger partial charge < -0.3 is 10.2 Å². The molecule has 7 nitrogen and oxygen atoms in total. The van der Waals surface area contributed by atoms with E-state index < -0.39 is 17.6 Å². The maximum Gasteiger partial charge on any atom is 0.336 e. The van der Waals surface area contributed by atoms with Crippen LogP contribution in [-0.2, 0) is 10.5 Å². The van der Waals surface area contributed by atoms with Crippen LogP contribution in [-0.4, -0.2) is 33.1 Å². The molecule has 1 heterocycles. The molecule has 1 aromatic carbocycles. The molecule has 0 spiro atoms. The van der Waals surface area contributed by atoms with Crippen molar-refractivity contribution in [2.75, 3.05) is 5.75 Å². The van der Waals surface area contributed by atoms with Gasteiger partial charge in [-0.3, -0.25) is 10.2 Å². The zero-order chi connectivity index (χ0) is 14.8. The van der Waals surface area contributed by atoms with Gasteiger partial charge in [-0.1, -0.05) is 30.0 Å². The molecule has 0 radical (unpaired) electrons. The third-order valence-corrected chi connectivity index (χ3v) is 3.61. The van der Waals surface area contributed by atoms with Crippen LogP contribution in [0.1, 0.15) is 22.8 Å². The lowest BCUT2D eigenvalue weighted by Crippen LogP contribution is -2.41. The van der Waals surface area contributed by atoms with E-state index in [2.05, 4.69) is 15.8 Å². The van der Waals surface area contributed by atoms with Crippen molar-refractivity contribution in [1.82, 2.24) is 10.9 Å². The van der Waals surface area contributed by atoms with Crippen molar-refractivity contribution in [1.29, 1.82) is 0 Å². The van der Waals surface area contributed by atoms with Gasteiger partial charge in [-0.05, 0) is 13.0 Å². The first-order valence-electron chi connectivity index (χ1n) is 5.73. The molecule has 20 heavy (non-hydrogen) atoms. The molecule has 0 amide bonds. The maximum absolute atomic E-state index is 11.2. The minimum atomic E-state index is -1.04. The number of thioether (sulfide) groups is 1. The van der Waals surface area contributed by atoms with Gasteiger partial charge in [0, 0.05) is 5.56 Å². The maximum atomic E-state index is 11.2. The van der Waals surface area contributed by atoms with E-state index in [1.165, 1.54) is 6.07 Å². The minimum absolute atomic E-state index is 0.121. The molecule has 1 aliphatic rings. The molecule has 1 unspecified atom stereocenters. The van der Waals surface area contributed by atoms with Crippen LogP contribution in [0.15, 0.2) is 29.3 Å². The highest BCUT2D eigenvalue weighted by molar-refractivity contribution is 8.14. The molecule has 0 saturated carbocycles. The normalized spacial score (nSPS) is 21.1. The number of hydrogen-bond acceptors (Lipinski definition) is 6. The SMILES string of the molecule is CC1(c2ccccc2C(=O)O)N=C(SCC(=O)O)NN1. The van der Waals surface area contributed by atoms with Crippen molar-refractivity contribution < 1.29 is 19.8 Å². The van der Waals surface area contributed by atoms with Gasteiger partial charge in [0.15, 0.2) is 10.8 Å². The molecule has 0 fully saturated rings. The van der Waals surface area contributed by atoms with Gasteiger partial charge in [0.25, 0.3) is 0 Å². The number of nitrogens with one attached hydrogen (secondary N) is 2. The quantitative estimate of drug-likeness (QED) is 0.651. The number of carboxylic acids is 2. The summed E-state index contributed by atoms with van der Waals surface area (Å²) in [5, 5.41) is 18.3. The van der Waals surface area contributed by atoms with Crippen LogP contribution in [0.4, 0.5) is 0 Å². The highest BCUT2D eigenvalue weighted by Gasteiger charge is 2.34. The smallest absolute Gasteiger partial charge is 0.336 e. The number of aliphatic carboxylic acids is 1. The number of rotatable bonds is 4. The predicted octanol–water partition coefficient (Wildman–Crippen LogP) is 0.839. The van der Waals surface area contributed by atoms with E-state index in [1.54, 1.807) is 25.1 Å². The number of carbonyl (C=O) groups is 2. The Labute approximate surface area is 119 Å². The van der Waals surface area contributed by atoms with E-state index >= 15 is 0 Å². The fraction of sp³-hybridized carbons (Fsp3) is 0.250. The van der Waals surface area contributed by atoms with Crippen molar-refractivity contribution in [3.8, 4) is 0 Å². The number of aliphatic imine (C=N–C) groups is 1. The van der Waals surface area contributed by atoms with Crippen LogP contribution in [0.5, 0.6) is 0 Å². The van der Waals surface area contributed by atoms with E-state index in [-0.39, 0.29) is 11.3 Å². The summed E-state index contributed by atoms with van der Waals surface area (Å²) >= 11 is 1.03. The summed E-state index contributed by atoms with van der Waals surface area (Å²) in [6.07, 6.45) is 0. The molecule has 0 aromatic heterocycles. The molecule has 2 rings (SSSR count). The zero-order valence-corrected chi connectivity index (χ0v) is 11.4. The second kappa shape index (κ2) is 5.51. The monoisotopic (exact) mass is 295 g/mol. The molecule has 8 heteroatoms. The molecular weight excluding hydrogens is 282 g/mol. The largest absolute Gasteiger partial charge is 0.481 e. The Morgan fingerprint density at radius 2 is 2.05 bits per heavy atom. The van der Waals surface area contributed by atoms with Gasteiger partial charge in [0.1, 0.15) is 0 Å². The third-order valence-electron chi connectivity index (χ3n) is 2.75. The standard InChI is InChI=1S/C12H13N3O4S/c1-12(8-5-3-2-4-7(8)10(18)19)13-11(14-15-12)20-6-9(16)17/h2-5,15H,6H2,1H3,(H,13,14)(H,16,17)(H,18,19). The van der Waals surface area contributed by atoms with Crippen molar-refractivity contribution in [2.24, 2.45) is 4.99 Å². The summed E-state index contributed by atoms with van der Waals surface area (Å²) in [4.78, 5) is 26.1. The second-order valence-electron chi connectivity index (χ2n) is 4.27. The Hall–Kier alpha value is -2.06. The van der Waals surface area contributed by atoms with E-state index in [0.29, 0.717) is 10.7 Å². The number of benzene rings is 1. The van der Waals surface area contributed by atoms with Gasteiger partial charge in [-0.25, -0.2) is 15.2 Å². The molecule has 1 aliphatic heterocycles. The van der Waals surface area contributed by atoms with Crippen molar-refractivity contribution in [2.45, 2.75) is 12.6 Å². The molecule has 4 N–H and O–H groups in total. The lowest BCUT2D eigenvalue weighted by Gasteiger charge is -2.22. The summed E-state index contributed by atoms with van der Waals surface area (Å²) in [6.45, 7) is 1.72. The lowest BCUT2D eigenvalue weighted by atomic mass is 9.97.